The second-order valence-corrected chi connectivity index (χ2v) is 9.29. The number of hydrogen-bond acceptors (Lipinski definition) is 6. The summed E-state index contributed by atoms with van der Waals surface area (Å²) < 4.78 is 8.71. The molecule has 1 amide bonds. The number of imidazole rings is 1. The first kappa shape index (κ1) is 17.2. The summed E-state index contributed by atoms with van der Waals surface area (Å²) in [6.07, 6.45) is 5.78. The Morgan fingerprint density at radius 3 is 2.96 bits per heavy atom. The van der Waals surface area contributed by atoms with Gasteiger partial charge in [-0.05, 0) is 0 Å². The van der Waals surface area contributed by atoms with Gasteiger partial charge in [0.2, 0.25) is 0 Å². The minimum atomic E-state index is -0.733. The van der Waals surface area contributed by atoms with Gasteiger partial charge in [-0.25, -0.2) is 0 Å². The first-order valence-electron chi connectivity index (χ1n) is 7.94. The van der Waals surface area contributed by atoms with E-state index in [1.54, 1.807) is 19.0 Å². The fourth-order valence-corrected chi connectivity index (χ4v) is 5.31. The Morgan fingerprint density at radius 1 is 1.38 bits per heavy atom. The second-order valence-electron chi connectivity index (χ2n) is 6.08. The molecule has 4 rings (SSSR count). The van der Waals surface area contributed by atoms with E-state index in [0.717, 1.165) is 27.6 Å². The Hall–Kier alpha value is -2.20. The van der Waals surface area contributed by atoms with Crippen LogP contribution in [0.4, 0.5) is 10.8 Å². The van der Waals surface area contributed by atoms with E-state index in [2.05, 4.69) is 22.6 Å². The third kappa shape index (κ3) is 3.14. The number of rotatable bonds is 4. The van der Waals surface area contributed by atoms with E-state index in [0.29, 0.717) is 11.4 Å². The van der Waals surface area contributed by atoms with E-state index in [-0.39, 0.29) is 5.91 Å². The van der Waals surface area contributed by atoms with E-state index in [4.69, 9.17) is 0 Å². The van der Waals surface area contributed by atoms with Crippen molar-refractivity contribution in [3.8, 4) is 0 Å². The molecule has 3 aromatic heterocycles. The Balaban J connectivity index is 1.71. The van der Waals surface area contributed by atoms with Crippen molar-refractivity contribution in [3.63, 3.8) is 0 Å². The van der Waals surface area contributed by atoms with Gasteiger partial charge in [-0.3, -0.25) is 0 Å². The van der Waals surface area contributed by atoms with Gasteiger partial charge in [-0.15, -0.1) is 0 Å². The van der Waals surface area contributed by atoms with Crippen LogP contribution in [0, 0.1) is 6.92 Å². The van der Waals surface area contributed by atoms with Crippen LogP contribution in [0.15, 0.2) is 31.1 Å². The molecular formula is C17H16N6OSSn. The van der Waals surface area contributed by atoms with Gasteiger partial charge in [0.1, 0.15) is 0 Å². The zero-order valence-electron chi connectivity index (χ0n) is 14.5. The second kappa shape index (κ2) is 6.84. The molecule has 0 unspecified atom stereocenters. The molecule has 0 fully saturated rings. The van der Waals surface area contributed by atoms with Crippen molar-refractivity contribution in [3.05, 3.63) is 44.9 Å². The van der Waals surface area contributed by atoms with Crippen LogP contribution in [0.25, 0.3) is 11.2 Å². The summed E-state index contributed by atoms with van der Waals surface area (Å²) in [4.78, 5) is 22.8. The van der Waals surface area contributed by atoms with Crippen LogP contribution in [0.3, 0.4) is 0 Å². The Bertz CT molecular complexity index is 1060. The summed E-state index contributed by atoms with van der Waals surface area (Å²) in [7, 11) is 3.49. The quantitative estimate of drug-likeness (QED) is 0.594. The molecule has 3 aromatic rings. The number of allylic oxidation sites excluding steroid dienone is 1. The van der Waals surface area contributed by atoms with Crippen LogP contribution in [-0.4, -0.2) is 66.9 Å². The molecule has 0 bridgehead atoms. The van der Waals surface area contributed by atoms with Crippen molar-refractivity contribution >= 4 is 66.9 Å². The molecular weight excluding hydrogens is 455 g/mol. The number of aromatic nitrogens is 3. The van der Waals surface area contributed by atoms with Crippen LogP contribution in [0.5, 0.6) is 0 Å². The number of carbonyl (C=O) groups is 1. The summed E-state index contributed by atoms with van der Waals surface area (Å²) in [5.74, 6) is 0.662. The van der Waals surface area contributed by atoms with E-state index in [1.165, 1.54) is 11.3 Å². The number of aryl methyl sites for hydroxylation is 1. The number of fused-ring (bicyclic) bond motifs is 1. The van der Waals surface area contributed by atoms with Crippen molar-refractivity contribution in [2.75, 3.05) is 19.4 Å². The normalized spacial score (nSPS) is 13.3. The molecule has 0 atom stereocenters. The number of carbonyl (C=O) groups excluding carboxylic acids is 1. The molecule has 2 radical (unpaired) electrons. The van der Waals surface area contributed by atoms with Crippen molar-refractivity contribution in [1.82, 2.24) is 19.3 Å². The van der Waals surface area contributed by atoms with Crippen molar-refractivity contribution in [2.45, 2.75) is 6.92 Å². The topological polar surface area (TPSA) is 74.9 Å². The van der Waals surface area contributed by atoms with Crippen LogP contribution in [-0.2, 0) is 0 Å². The first-order chi connectivity index (χ1) is 12.5. The molecule has 9 heteroatoms. The molecule has 1 aliphatic rings. The predicted octanol–water partition coefficient (Wildman–Crippen LogP) is 2.59. The van der Waals surface area contributed by atoms with Crippen LogP contribution in [0.2, 0.25) is 0 Å². The van der Waals surface area contributed by atoms with Gasteiger partial charge in [0.05, 0.1) is 0 Å². The molecule has 0 aliphatic carbocycles. The third-order valence-electron chi connectivity index (χ3n) is 3.90. The maximum atomic E-state index is 12.1. The Morgan fingerprint density at radius 2 is 2.23 bits per heavy atom. The fraction of sp³-hybridized carbons (Fsp3) is 0.176. The van der Waals surface area contributed by atoms with E-state index < -0.39 is 21.4 Å². The number of nitrogens with one attached hydrogen (secondary N) is 1. The van der Waals surface area contributed by atoms with E-state index >= 15 is 0 Å². The van der Waals surface area contributed by atoms with E-state index in [9.17, 15) is 4.79 Å². The van der Waals surface area contributed by atoms with Crippen LogP contribution >= 0.6 is 11.3 Å². The van der Waals surface area contributed by atoms with Crippen LogP contribution in [0.1, 0.15) is 21.7 Å². The molecule has 7 nitrogen and oxygen atoms in total. The summed E-state index contributed by atoms with van der Waals surface area (Å²) >= 11 is 0.742. The summed E-state index contributed by atoms with van der Waals surface area (Å²) in [6, 6.07) is 1.84. The average Bonchev–Trinajstić information content (AvgIpc) is 3.33. The van der Waals surface area contributed by atoms with Gasteiger partial charge in [0.15, 0.2) is 0 Å². The van der Waals surface area contributed by atoms with Gasteiger partial charge >= 0.3 is 151 Å². The average molecular weight is 471 g/mol. The molecule has 0 spiro atoms. The predicted molar refractivity (Wildman–Crippen MR) is 106 cm³/mol. The molecule has 0 aromatic carbocycles. The first-order valence-corrected chi connectivity index (χ1v) is 11.7. The zero-order valence-corrected chi connectivity index (χ0v) is 18.2. The number of anilines is 2. The number of hydrogen-bond donors (Lipinski definition) is 1. The minimum absolute atomic E-state index is 0.0164. The maximum absolute atomic E-state index is 12.1. The molecule has 26 heavy (non-hydrogen) atoms. The molecule has 130 valence electrons. The zero-order chi connectivity index (χ0) is 18.3. The number of thiophene rings is 1. The molecule has 1 N–H and O–H groups in total. The van der Waals surface area contributed by atoms with Crippen molar-refractivity contribution in [1.29, 1.82) is 0 Å². The van der Waals surface area contributed by atoms with E-state index in [1.807, 2.05) is 41.4 Å². The van der Waals surface area contributed by atoms with Gasteiger partial charge in [0.25, 0.3) is 0 Å². The molecule has 1 aliphatic heterocycles. The summed E-state index contributed by atoms with van der Waals surface area (Å²) in [5.41, 5.74) is 4.47. The molecule has 0 saturated heterocycles. The Labute approximate surface area is 165 Å². The SMILES string of the molecule is Cc1cn2c(C3=[CH][Sn][N]=C3)cnc2c(Nc2cc(C(=O)N(C)C)cs2)n1. The molecule has 0 saturated carbocycles. The number of nitrogens with zero attached hydrogens (tertiary/aromatic N) is 5. The summed E-state index contributed by atoms with van der Waals surface area (Å²) in [6.45, 7) is 1.96. The number of amides is 1. The Kier molecular flexibility index (Phi) is 4.53. The van der Waals surface area contributed by atoms with Gasteiger partial charge < -0.3 is 0 Å². The summed E-state index contributed by atoms with van der Waals surface area (Å²) in [5, 5.41) is 6.02. The fourth-order valence-electron chi connectivity index (χ4n) is 2.69. The standard InChI is InChI=1S/C17H16N6OS.Sn/c1-10(6-18)13-7-19-16-15(20-11(2)8-23(13)16)21-14-5-12(9-25-14)17(24)22(3)4;/h1,5-9H,2-4H3,(H,20,21);/q-1;+1. The third-order valence-corrected chi connectivity index (χ3v) is 6.80. The van der Waals surface area contributed by atoms with Gasteiger partial charge in [-0.1, -0.05) is 0 Å². The van der Waals surface area contributed by atoms with Gasteiger partial charge in [-0.2, -0.15) is 0 Å². The molecule has 4 heterocycles. The van der Waals surface area contributed by atoms with Crippen molar-refractivity contribution in [2.24, 2.45) is 3.21 Å². The monoisotopic (exact) mass is 472 g/mol. The van der Waals surface area contributed by atoms with Gasteiger partial charge in [0, 0.05) is 14.1 Å². The van der Waals surface area contributed by atoms with Crippen molar-refractivity contribution < 1.29 is 4.79 Å². The van der Waals surface area contributed by atoms with Crippen LogP contribution < -0.4 is 5.32 Å².